The van der Waals surface area contributed by atoms with E-state index in [-0.39, 0.29) is 0 Å². The highest BCUT2D eigenvalue weighted by atomic mass is 32.1. The first-order valence-electron chi connectivity index (χ1n) is 5.99. The van der Waals surface area contributed by atoms with Crippen LogP contribution in [0.15, 0.2) is 36.7 Å². The molecule has 4 heteroatoms. The van der Waals surface area contributed by atoms with E-state index in [0.717, 1.165) is 18.7 Å². The van der Waals surface area contributed by atoms with Crippen LogP contribution in [-0.2, 0) is 13.0 Å². The molecule has 0 saturated carbocycles. The number of hydrogen-bond acceptors (Lipinski definition) is 3. The molecule has 0 fully saturated rings. The summed E-state index contributed by atoms with van der Waals surface area (Å²) in [5, 5.41) is 3.25. The number of thiazole rings is 1. The minimum absolute atomic E-state index is 0.667. The molecule has 0 atom stereocenters. The number of aryl methyl sites for hydroxylation is 3. The van der Waals surface area contributed by atoms with Gasteiger partial charge >= 0.3 is 0 Å². The van der Waals surface area contributed by atoms with E-state index in [4.69, 9.17) is 5.73 Å². The molecule has 0 radical (unpaired) electrons. The molecule has 0 amide bonds. The lowest BCUT2D eigenvalue weighted by Crippen LogP contribution is -1.97. The van der Waals surface area contributed by atoms with Crippen molar-refractivity contribution in [1.29, 1.82) is 0 Å². The number of benzene rings is 1. The Kier molecular flexibility index (Phi) is 2.80. The molecule has 0 spiro atoms. The van der Waals surface area contributed by atoms with Gasteiger partial charge in [-0.1, -0.05) is 24.3 Å². The lowest BCUT2D eigenvalue weighted by atomic mass is 10.2. The van der Waals surface area contributed by atoms with Gasteiger partial charge in [-0.25, -0.2) is 4.98 Å². The van der Waals surface area contributed by atoms with Gasteiger partial charge in [-0.2, -0.15) is 0 Å². The first-order chi connectivity index (χ1) is 8.72. The van der Waals surface area contributed by atoms with Gasteiger partial charge in [0.25, 0.3) is 0 Å². The molecule has 0 saturated heterocycles. The molecule has 2 aromatic heterocycles. The van der Waals surface area contributed by atoms with E-state index in [2.05, 4.69) is 46.2 Å². The van der Waals surface area contributed by atoms with Crippen LogP contribution in [0.25, 0.3) is 10.8 Å². The lowest BCUT2D eigenvalue weighted by molar-refractivity contribution is 0.707. The molecule has 92 valence electrons. The Morgan fingerprint density at radius 3 is 2.44 bits per heavy atom. The summed E-state index contributed by atoms with van der Waals surface area (Å²) in [4.78, 5) is 5.54. The van der Waals surface area contributed by atoms with Gasteiger partial charge in [-0.15, -0.1) is 11.3 Å². The van der Waals surface area contributed by atoms with E-state index in [1.807, 2.05) is 6.92 Å². The topological polar surface area (TPSA) is 43.8 Å². The van der Waals surface area contributed by atoms with Gasteiger partial charge in [0.15, 0.2) is 5.13 Å². The Morgan fingerprint density at radius 1 is 1.22 bits per heavy atom. The lowest BCUT2D eigenvalue weighted by Gasteiger charge is -2.00. The van der Waals surface area contributed by atoms with E-state index in [1.165, 1.54) is 15.6 Å². The number of anilines is 1. The highest BCUT2D eigenvalue weighted by molar-refractivity contribution is 7.15. The molecule has 2 heterocycles. The summed E-state index contributed by atoms with van der Waals surface area (Å²) in [5.41, 5.74) is 6.77. The first-order valence-corrected chi connectivity index (χ1v) is 6.80. The van der Waals surface area contributed by atoms with E-state index >= 15 is 0 Å². The van der Waals surface area contributed by atoms with Crippen molar-refractivity contribution in [3.63, 3.8) is 0 Å². The van der Waals surface area contributed by atoms with Gasteiger partial charge < -0.3 is 10.3 Å². The van der Waals surface area contributed by atoms with Gasteiger partial charge in [0.2, 0.25) is 0 Å². The van der Waals surface area contributed by atoms with Crippen LogP contribution >= 0.6 is 11.3 Å². The molecule has 18 heavy (non-hydrogen) atoms. The minimum atomic E-state index is 0.667. The maximum absolute atomic E-state index is 5.71. The van der Waals surface area contributed by atoms with Crippen molar-refractivity contribution in [3.8, 4) is 0 Å². The molecule has 0 bridgehead atoms. The molecular weight excluding hydrogens is 242 g/mol. The smallest absolute Gasteiger partial charge is 0.180 e. The second-order valence-corrected chi connectivity index (χ2v) is 5.55. The van der Waals surface area contributed by atoms with Crippen molar-refractivity contribution in [2.45, 2.75) is 19.9 Å². The van der Waals surface area contributed by atoms with Crippen LogP contribution in [0.5, 0.6) is 0 Å². The fraction of sp³-hybridized carbons (Fsp3) is 0.214. The summed E-state index contributed by atoms with van der Waals surface area (Å²) in [7, 11) is 0. The molecule has 3 nitrogen and oxygen atoms in total. The van der Waals surface area contributed by atoms with E-state index < -0.39 is 0 Å². The SMILES string of the molecule is Cc1nc(N)sc1CCn1cc2ccccc2c1. The van der Waals surface area contributed by atoms with E-state index in [9.17, 15) is 0 Å². The molecule has 0 aliphatic carbocycles. The summed E-state index contributed by atoms with van der Waals surface area (Å²) in [5.74, 6) is 0. The predicted molar refractivity (Wildman–Crippen MR) is 76.9 cm³/mol. The summed E-state index contributed by atoms with van der Waals surface area (Å²) in [6.07, 6.45) is 5.37. The van der Waals surface area contributed by atoms with Crippen LogP contribution < -0.4 is 5.73 Å². The van der Waals surface area contributed by atoms with Crippen molar-refractivity contribution in [1.82, 2.24) is 9.55 Å². The predicted octanol–water partition coefficient (Wildman–Crippen LogP) is 3.23. The normalized spacial score (nSPS) is 11.2. The summed E-state index contributed by atoms with van der Waals surface area (Å²) < 4.78 is 2.24. The van der Waals surface area contributed by atoms with Crippen molar-refractivity contribution in [3.05, 3.63) is 47.2 Å². The van der Waals surface area contributed by atoms with Crippen LogP contribution in [0.2, 0.25) is 0 Å². The maximum atomic E-state index is 5.71. The third-order valence-corrected chi connectivity index (χ3v) is 4.16. The van der Waals surface area contributed by atoms with Crippen molar-refractivity contribution < 1.29 is 0 Å². The molecule has 2 N–H and O–H groups in total. The average Bonchev–Trinajstić information content (AvgIpc) is 2.89. The second kappa shape index (κ2) is 4.46. The number of hydrogen-bond donors (Lipinski definition) is 1. The highest BCUT2D eigenvalue weighted by Crippen LogP contribution is 2.21. The number of rotatable bonds is 3. The Morgan fingerprint density at radius 2 is 1.89 bits per heavy atom. The second-order valence-electron chi connectivity index (χ2n) is 4.44. The zero-order chi connectivity index (χ0) is 12.5. The molecule has 1 aromatic carbocycles. The van der Waals surface area contributed by atoms with Crippen LogP contribution in [0.4, 0.5) is 5.13 Å². The zero-order valence-electron chi connectivity index (χ0n) is 10.3. The van der Waals surface area contributed by atoms with Gasteiger partial charge in [-0.3, -0.25) is 0 Å². The Hall–Kier alpha value is -1.81. The summed E-state index contributed by atoms with van der Waals surface area (Å²) >= 11 is 1.59. The largest absolute Gasteiger partial charge is 0.375 e. The van der Waals surface area contributed by atoms with Crippen LogP contribution in [0, 0.1) is 6.92 Å². The standard InChI is InChI=1S/C14H15N3S/c1-10-13(18-14(15)16-10)6-7-17-8-11-4-2-3-5-12(11)9-17/h2-5,8-9H,6-7H2,1H3,(H2,15,16). The number of nitrogens with two attached hydrogens (primary N) is 1. The summed E-state index contributed by atoms with van der Waals surface area (Å²) in [6.45, 7) is 2.99. The fourth-order valence-corrected chi connectivity index (χ4v) is 3.00. The van der Waals surface area contributed by atoms with Crippen molar-refractivity contribution >= 4 is 27.2 Å². The number of nitrogen functional groups attached to an aromatic ring is 1. The van der Waals surface area contributed by atoms with Gasteiger partial charge in [-0.05, 0) is 17.7 Å². The van der Waals surface area contributed by atoms with Crippen molar-refractivity contribution in [2.75, 3.05) is 5.73 Å². The van der Waals surface area contributed by atoms with Gasteiger partial charge in [0, 0.05) is 30.2 Å². The summed E-state index contributed by atoms with van der Waals surface area (Å²) in [6, 6.07) is 8.42. The highest BCUT2D eigenvalue weighted by Gasteiger charge is 2.05. The Labute approximate surface area is 110 Å². The molecule has 3 aromatic rings. The monoisotopic (exact) mass is 257 g/mol. The number of nitrogens with zero attached hydrogens (tertiary/aromatic N) is 2. The quantitative estimate of drug-likeness (QED) is 0.783. The van der Waals surface area contributed by atoms with E-state index in [1.54, 1.807) is 11.3 Å². The average molecular weight is 257 g/mol. The zero-order valence-corrected chi connectivity index (χ0v) is 11.1. The fourth-order valence-electron chi connectivity index (χ4n) is 2.18. The van der Waals surface area contributed by atoms with Crippen LogP contribution in [0.3, 0.4) is 0 Å². The maximum Gasteiger partial charge on any atom is 0.180 e. The molecule has 0 aliphatic rings. The van der Waals surface area contributed by atoms with E-state index in [0.29, 0.717) is 5.13 Å². The Bertz CT molecular complexity index is 648. The Balaban J connectivity index is 1.78. The first kappa shape index (κ1) is 11.3. The molecule has 0 aliphatic heterocycles. The van der Waals surface area contributed by atoms with Crippen LogP contribution in [0.1, 0.15) is 10.6 Å². The minimum Gasteiger partial charge on any atom is -0.375 e. The van der Waals surface area contributed by atoms with Gasteiger partial charge in [0.1, 0.15) is 0 Å². The number of fused-ring (bicyclic) bond motifs is 1. The molecule has 3 rings (SSSR count). The third kappa shape index (κ3) is 2.11. The van der Waals surface area contributed by atoms with Crippen LogP contribution in [-0.4, -0.2) is 9.55 Å². The molecule has 0 unspecified atom stereocenters. The number of aromatic nitrogens is 2. The molecular formula is C14H15N3S. The van der Waals surface area contributed by atoms with Crippen molar-refractivity contribution in [2.24, 2.45) is 0 Å². The van der Waals surface area contributed by atoms with Gasteiger partial charge in [0.05, 0.1) is 5.69 Å². The third-order valence-electron chi connectivity index (χ3n) is 3.11.